The summed E-state index contributed by atoms with van der Waals surface area (Å²) in [5.41, 5.74) is 3.12. The molecule has 1 aliphatic carbocycles. The topological polar surface area (TPSA) is 29.4 Å². The van der Waals surface area contributed by atoms with Crippen LogP contribution in [0, 0.1) is 11.3 Å². The molecule has 0 radical (unpaired) electrons. The summed E-state index contributed by atoms with van der Waals surface area (Å²) in [6, 6.07) is 16.1. The fourth-order valence-corrected chi connectivity index (χ4v) is 5.33. The van der Waals surface area contributed by atoms with E-state index in [4.69, 9.17) is 16.6 Å². The molecular formula is C21H20ClNOS. The van der Waals surface area contributed by atoms with Gasteiger partial charge < -0.3 is 0 Å². The number of hydrogen-bond donors (Lipinski definition) is 0. The summed E-state index contributed by atoms with van der Waals surface area (Å²) in [6.07, 6.45) is 1.47. The predicted molar refractivity (Wildman–Crippen MR) is 105 cm³/mol. The van der Waals surface area contributed by atoms with Gasteiger partial charge in [0.25, 0.3) is 0 Å². The Morgan fingerprint density at radius 1 is 1.08 bits per heavy atom. The van der Waals surface area contributed by atoms with E-state index in [-0.39, 0.29) is 16.6 Å². The Morgan fingerprint density at radius 3 is 2.56 bits per heavy atom. The van der Waals surface area contributed by atoms with E-state index in [0.717, 1.165) is 28.3 Å². The second kappa shape index (κ2) is 6.30. The molecule has 2 aliphatic rings. The minimum Gasteiger partial charge on any atom is -0.299 e. The molecule has 1 fully saturated rings. The summed E-state index contributed by atoms with van der Waals surface area (Å²) < 4.78 is 0. The fraction of sp³-hybridized carbons (Fsp3) is 0.333. The molecule has 128 valence electrons. The van der Waals surface area contributed by atoms with Crippen LogP contribution in [0.3, 0.4) is 0 Å². The number of halogens is 1. The van der Waals surface area contributed by atoms with E-state index in [1.54, 1.807) is 11.8 Å². The van der Waals surface area contributed by atoms with Gasteiger partial charge >= 0.3 is 0 Å². The molecule has 1 saturated carbocycles. The van der Waals surface area contributed by atoms with Crippen LogP contribution in [0.25, 0.3) is 0 Å². The van der Waals surface area contributed by atoms with Crippen molar-refractivity contribution in [3.8, 4) is 0 Å². The molecule has 0 N–H and O–H groups in total. The maximum atomic E-state index is 13.1. The van der Waals surface area contributed by atoms with Gasteiger partial charge in [0.05, 0.1) is 11.6 Å². The van der Waals surface area contributed by atoms with Crippen LogP contribution in [0.4, 0.5) is 5.69 Å². The van der Waals surface area contributed by atoms with E-state index in [1.165, 1.54) is 0 Å². The third kappa shape index (κ3) is 3.28. The summed E-state index contributed by atoms with van der Waals surface area (Å²) in [5, 5.41) is 0.760. The Bertz CT molecular complexity index is 856. The molecule has 2 nitrogen and oxygen atoms in total. The third-order valence-corrected chi connectivity index (χ3v) is 6.55. The molecule has 1 heterocycles. The molecular weight excluding hydrogens is 350 g/mol. The number of benzene rings is 2. The van der Waals surface area contributed by atoms with Gasteiger partial charge in [0.2, 0.25) is 0 Å². The molecule has 0 unspecified atom stereocenters. The summed E-state index contributed by atoms with van der Waals surface area (Å²) in [6.45, 7) is 4.32. The normalized spacial score (nSPS) is 24.8. The zero-order chi connectivity index (χ0) is 17.6. The van der Waals surface area contributed by atoms with Crippen molar-refractivity contribution in [2.24, 2.45) is 16.3 Å². The first kappa shape index (κ1) is 16.9. The van der Waals surface area contributed by atoms with E-state index in [2.05, 4.69) is 19.9 Å². The first-order valence-corrected chi connectivity index (χ1v) is 9.80. The lowest BCUT2D eigenvalue weighted by Gasteiger charge is -2.37. The number of nitrogens with zero attached hydrogens (tertiary/aromatic N) is 1. The lowest BCUT2D eigenvalue weighted by molar-refractivity contribution is -0.123. The van der Waals surface area contributed by atoms with Gasteiger partial charge in [0.15, 0.2) is 0 Å². The van der Waals surface area contributed by atoms with Crippen LogP contribution >= 0.6 is 23.4 Å². The smallest absolute Gasteiger partial charge is 0.143 e. The van der Waals surface area contributed by atoms with Crippen molar-refractivity contribution >= 4 is 40.5 Å². The Balaban J connectivity index is 1.86. The standard InChI is InChI=1S/C21H20ClNOS/c1-21(2)11-16-19(17(24)12-21)20(13-7-9-14(22)10-8-13)25-18-6-4-3-5-15(18)23-16/h3-10,19-20H,11-12H2,1-2H3/t19-,20-/m0/s1. The highest BCUT2D eigenvalue weighted by Gasteiger charge is 2.44. The zero-order valence-electron chi connectivity index (χ0n) is 14.3. The van der Waals surface area contributed by atoms with Crippen molar-refractivity contribution in [3.05, 3.63) is 59.1 Å². The molecule has 2 atom stereocenters. The minimum absolute atomic E-state index is 0.0269. The van der Waals surface area contributed by atoms with Crippen LogP contribution in [-0.4, -0.2) is 11.5 Å². The van der Waals surface area contributed by atoms with Crippen LogP contribution < -0.4 is 0 Å². The molecule has 0 saturated heterocycles. The summed E-state index contributed by atoms with van der Waals surface area (Å²) in [7, 11) is 0. The molecule has 0 spiro atoms. The van der Waals surface area contributed by atoms with Crippen molar-refractivity contribution in [1.82, 2.24) is 0 Å². The fourth-order valence-electron chi connectivity index (χ4n) is 3.80. The molecule has 0 amide bonds. The molecule has 2 aromatic rings. The number of para-hydroxylation sites is 1. The molecule has 0 bridgehead atoms. The number of carbonyl (C=O) groups is 1. The van der Waals surface area contributed by atoms with Crippen molar-refractivity contribution in [2.75, 3.05) is 0 Å². The summed E-state index contributed by atoms with van der Waals surface area (Å²) >= 11 is 7.82. The van der Waals surface area contributed by atoms with Crippen molar-refractivity contribution in [3.63, 3.8) is 0 Å². The average molecular weight is 370 g/mol. The highest BCUT2D eigenvalue weighted by atomic mass is 35.5. The molecule has 2 aromatic carbocycles. The molecule has 4 heteroatoms. The van der Waals surface area contributed by atoms with Crippen LogP contribution in [0.5, 0.6) is 0 Å². The number of ketones is 1. The second-order valence-electron chi connectivity index (χ2n) is 7.62. The van der Waals surface area contributed by atoms with Gasteiger partial charge in [0, 0.05) is 27.3 Å². The average Bonchev–Trinajstić information content (AvgIpc) is 2.70. The minimum atomic E-state index is -0.161. The first-order chi connectivity index (χ1) is 11.9. The van der Waals surface area contributed by atoms with Gasteiger partial charge in [-0.3, -0.25) is 9.79 Å². The van der Waals surface area contributed by atoms with E-state index in [1.807, 2.05) is 42.5 Å². The lowest BCUT2D eigenvalue weighted by atomic mass is 9.69. The van der Waals surface area contributed by atoms with Gasteiger partial charge in [-0.25, -0.2) is 0 Å². The SMILES string of the molecule is CC1(C)CC(=O)[C@@H]2C(=Nc3ccccc3S[C@H]2c2ccc(Cl)cc2)C1. The maximum Gasteiger partial charge on any atom is 0.143 e. The Hall–Kier alpha value is -1.58. The van der Waals surface area contributed by atoms with Crippen LogP contribution in [0.15, 0.2) is 58.4 Å². The maximum absolute atomic E-state index is 13.1. The van der Waals surface area contributed by atoms with Gasteiger partial charge in [-0.05, 0) is 41.7 Å². The summed E-state index contributed by atoms with van der Waals surface area (Å²) in [5.74, 6) is 0.141. The lowest BCUT2D eigenvalue weighted by Crippen LogP contribution is -2.39. The number of aliphatic imine (C=N–C) groups is 1. The Labute approximate surface area is 157 Å². The number of fused-ring (bicyclic) bond motifs is 2. The first-order valence-electron chi connectivity index (χ1n) is 8.54. The van der Waals surface area contributed by atoms with E-state index >= 15 is 0 Å². The van der Waals surface area contributed by atoms with Crippen LogP contribution in [0.2, 0.25) is 5.02 Å². The summed E-state index contributed by atoms with van der Waals surface area (Å²) in [4.78, 5) is 19.2. The van der Waals surface area contributed by atoms with Crippen molar-refractivity contribution < 1.29 is 4.79 Å². The van der Waals surface area contributed by atoms with E-state index in [0.29, 0.717) is 17.2 Å². The molecule has 0 aromatic heterocycles. The number of carbonyl (C=O) groups excluding carboxylic acids is 1. The Morgan fingerprint density at radius 2 is 1.80 bits per heavy atom. The number of thioether (sulfide) groups is 1. The van der Waals surface area contributed by atoms with Gasteiger partial charge in [-0.1, -0.05) is 49.7 Å². The predicted octanol–water partition coefficient (Wildman–Crippen LogP) is 6.26. The number of rotatable bonds is 1. The second-order valence-corrected chi connectivity index (χ2v) is 9.24. The van der Waals surface area contributed by atoms with Crippen molar-refractivity contribution in [2.45, 2.75) is 36.8 Å². The monoisotopic (exact) mass is 369 g/mol. The highest BCUT2D eigenvalue weighted by Crippen LogP contribution is 2.51. The van der Waals surface area contributed by atoms with Gasteiger partial charge in [0.1, 0.15) is 5.78 Å². The third-order valence-electron chi connectivity index (χ3n) is 4.90. The molecule has 4 rings (SSSR count). The molecule has 1 aliphatic heterocycles. The van der Waals surface area contributed by atoms with Crippen molar-refractivity contribution in [1.29, 1.82) is 0 Å². The zero-order valence-corrected chi connectivity index (χ0v) is 15.9. The molecule has 25 heavy (non-hydrogen) atoms. The largest absolute Gasteiger partial charge is 0.299 e. The Kier molecular flexibility index (Phi) is 4.25. The number of hydrogen-bond acceptors (Lipinski definition) is 3. The van der Waals surface area contributed by atoms with E-state index in [9.17, 15) is 4.79 Å². The van der Waals surface area contributed by atoms with Gasteiger partial charge in [-0.15, -0.1) is 11.8 Å². The number of Topliss-reactive ketones (excluding diaryl/α,β-unsaturated/α-hetero) is 1. The van der Waals surface area contributed by atoms with Gasteiger partial charge in [-0.2, -0.15) is 0 Å². The quantitative estimate of drug-likeness (QED) is 0.593. The van der Waals surface area contributed by atoms with Crippen LogP contribution in [0.1, 0.15) is 37.5 Å². The highest BCUT2D eigenvalue weighted by molar-refractivity contribution is 7.99. The van der Waals surface area contributed by atoms with Crippen LogP contribution in [-0.2, 0) is 4.79 Å². The van der Waals surface area contributed by atoms with E-state index < -0.39 is 0 Å².